The van der Waals surface area contributed by atoms with Crippen LogP contribution < -0.4 is 4.90 Å². The molecule has 0 bridgehead atoms. The predicted molar refractivity (Wildman–Crippen MR) is 85.4 cm³/mol. The molecule has 7 heteroatoms. The molecule has 1 unspecified atom stereocenters. The summed E-state index contributed by atoms with van der Waals surface area (Å²) in [5.74, 6) is 1.50. The molecule has 2 aromatic rings. The molecule has 3 heterocycles. The Hall–Kier alpha value is -2.46. The van der Waals surface area contributed by atoms with Crippen molar-refractivity contribution in [3.8, 4) is 6.07 Å². The van der Waals surface area contributed by atoms with E-state index in [-0.39, 0.29) is 5.89 Å². The van der Waals surface area contributed by atoms with Crippen LogP contribution in [0.25, 0.3) is 0 Å². The molecule has 1 aliphatic heterocycles. The van der Waals surface area contributed by atoms with E-state index < -0.39 is 5.60 Å². The summed E-state index contributed by atoms with van der Waals surface area (Å²) in [6.45, 7) is 2.84. The van der Waals surface area contributed by atoms with E-state index in [0.717, 1.165) is 25.0 Å². The fourth-order valence-electron chi connectivity index (χ4n) is 3.52. The predicted octanol–water partition coefficient (Wildman–Crippen LogP) is 1.49. The minimum Gasteiger partial charge on any atom is -0.378 e. The second-order valence-corrected chi connectivity index (χ2v) is 6.50. The largest absolute Gasteiger partial charge is 0.378 e. The maximum atomic E-state index is 10.9. The van der Waals surface area contributed by atoms with Crippen LogP contribution in [0.5, 0.6) is 0 Å². The van der Waals surface area contributed by atoms with Crippen LogP contribution in [0.1, 0.15) is 48.3 Å². The zero-order chi connectivity index (χ0) is 16.7. The van der Waals surface area contributed by atoms with E-state index in [2.05, 4.69) is 16.2 Å². The van der Waals surface area contributed by atoms with Gasteiger partial charge >= 0.3 is 0 Å². The summed E-state index contributed by atoms with van der Waals surface area (Å²) < 4.78 is 5.23. The number of aromatic nitrogens is 3. The van der Waals surface area contributed by atoms with Gasteiger partial charge in [0.05, 0.1) is 12.1 Å². The molecule has 1 atom stereocenters. The number of β-amino-alcohol motifs (C(OH)–C–C–N with tert-alkyl or cyclic N) is 1. The van der Waals surface area contributed by atoms with E-state index in [0.29, 0.717) is 43.1 Å². The van der Waals surface area contributed by atoms with Crippen molar-refractivity contribution < 1.29 is 9.63 Å². The van der Waals surface area contributed by atoms with E-state index in [1.807, 2.05) is 17.9 Å². The van der Waals surface area contributed by atoms with Crippen molar-refractivity contribution in [1.82, 2.24) is 15.1 Å². The lowest BCUT2D eigenvalue weighted by Gasteiger charge is -2.22. The van der Waals surface area contributed by atoms with Gasteiger partial charge < -0.3 is 14.5 Å². The Morgan fingerprint density at radius 1 is 1.42 bits per heavy atom. The van der Waals surface area contributed by atoms with Crippen LogP contribution in [0.15, 0.2) is 10.6 Å². The molecule has 0 saturated carbocycles. The molecule has 1 fully saturated rings. The van der Waals surface area contributed by atoms with E-state index >= 15 is 0 Å². The number of pyridine rings is 1. The van der Waals surface area contributed by atoms with Crippen LogP contribution in [0, 0.1) is 11.3 Å². The molecule has 7 nitrogen and oxygen atoms in total. The number of hydrogen-bond acceptors (Lipinski definition) is 7. The maximum Gasteiger partial charge on any atom is 0.260 e. The summed E-state index contributed by atoms with van der Waals surface area (Å²) in [6.07, 6.45) is 4.16. The van der Waals surface area contributed by atoms with Gasteiger partial charge in [-0.05, 0) is 30.9 Å². The molecule has 124 valence electrons. The molecule has 2 aromatic heterocycles. The number of anilines is 1. The second kappa shape index (κ2) is 5.56. The van der Waals surface area contributed by atoms with Gasteiger partial charge in [0.1, 0.15) is 11.9 Å². The van der Waals surface area contributed by atoms with E-state index in [1.165, 1.54) is 5.56 Å². The summed E-state index contributed by atoms with van der Waals surface area (Å²) in [5, 5.41) is 24.3. The Bertz CT molecular complexity index is 825. The Morgan fingerprint density at radius 2 is 2.29 bits per heavy atom. The van der Waals surface area contributed by atoms with Gasteiger partial charge in [-0.3, -0.25) is 0 Å². The van der Waals surface area contributed by atoms with Crippen molar-refractivity contribution in [2.24, 2.45) is 0 Å². The highest BCUT2D eigenvalue weighted by Crippen LogP contribution is 2.35. The third kappa shape index (κ3) is 2.34. The lowest BCUT2D eigenvalue weighted by molar-refractivity contribution is 0.0259. The third-order valence-electron chi connectivity index (χ3n) is 4.88. The summed E-state index contributed by atoms with van der Waals surface area (Å²) in [7, 11) is 0. The molecule has 1 saturated heterocycles. The fourth-order valence-corrected chi connectivity index (χ4v) is 3.52. The summed E-state index contributed by atoms with van der Waals surface area (Å²) in [4.78, 5) is 10.9. The first-order valence-electron chi connectivity index (χ1n) is 8.36. The molecule has 0 aromatic carbocycles. The van der Waals surface area contributed by atoms with Gasteiger partial charge in [0.15, 0.2) is 11.4 Å². The highest BCUT2D eigenvalue weighted by molar-refractivity contribution is 5.57. The fraction of sp³-hybridized carbons (Fsp3) is 0.529. The summed E-state index contributed by atoms with van der Waals surface area (Å²) in [5.41, 5.74) is 1.63. The topological polar surface area (TPSA) is 99.1 Å². The van der Waals surface area contributed by atoms with Crippen molar-refractivity contribution in [3.63, 3.8) is 0 Å². The van der Waals surface area contributed by atoms with Crippen LogP contribution in [-0.2, 0) is 24.9 Å². The van der Waals surface area contributed by atoms with Crippen LogP contribution in [0.3, 0.4) is 0 Å². The van der Waals surface area contributed by atoms with Crippen molar-refractivity contribution in [2.45, 2.75) is 44.6 Å². The van der Waals surface area contributed by atoms with Crippen LogP contribution in [0.4, 0.5) is 5.82 Å². The van der Waals surface area contributed by atoms with Crippen molar-refractivity contribution >= 4 is 5.82 Å². The quantitative estimate of drug-likeness (QED) is 0.912. The number of nitriles is 1. The number of aryl methyl sites for hydroxylation is 3. The molecular formula is C17H19N5O2. The van der Waals surface area contributed by atoms with Crippen LogP contribution in [-0.4, -0.2) is 33.3 Å². The first-order valence-corrected chi connectivity index (χ1v) is 8.36. The van der Waals surface area contributed by atoms with Gasteiger partial charge in [0.2, 0.25) is 0 Å². The maximum absolute atomic E-state index is 10.9. The first kappa shape index (κ1) is 15.1. The van der Waals surface area contributed by atoms with Crippen LogP contribution in [0.2, 0.25) is 0 Å². The molecule has 0 spiro atoms. The molecule has 0 amide bonds. The average molecular weight is 325 g/mol. The molecule has 1 N–H and O–H groups in total. The number of nitrogens with zero attached hydrogens (tertiary/aromatic N) is 5. The molecule has 2 aliphatic rings. The number of hydrogen-bond donors (Lipinski definition) is 1. The highest BCUT2D eigenvalue weighted by Gasteiger charge is 2.43. The standard InChI is InChI=1S/C17H19N5O2/c1-2-14-20-16(24-21-14)17(23)6-7-22(10-17)15-12(9-18)8-11-4-3-5-13(11)19-15/h8,23H,2-7,10H2,1H3. The third-order valence-corrected chi connectivity index (χ3v) is 4.88. The molecule has 1 aliphatic carbocycles. The van der Waals surface area contributed by atoms with Crippen molar-refractivity contribution in [1.29, 1.82) is 5.26 Å². The Kier molecular flexibility index (Phi) is 3.50. The Labute approximate surface area is 139 Å². The van der Waals surface area contributed by atoms with E-state index in [4.69, 9.17) is 9.51 Å². The van der Waals surface area contributed by atoms with Crippen molar-refractivity contribution in [3.05, 3.63) is 34.6 Å². The molecule has 24 heavy (non-hydrogen) atoms. The molecular weight excluding hydrogens is 306 g/mol. The molecule has 0 radical (unpaired) electrons. The van der Waals surface area contributed by atoms with E-state index in [9.17, 15) is 10.4 Å². The number of aliphatic hydroxyl groups is 1. The van der Waals surface area contributed by atoms with Gasteiger partial charge in [0, 0.05) is 25.1 Å². The van der Waals surface area contributed by atoms with Crippen molar-refractivity contribution in [2.75, 3.05) is 18.0 Å². The van der Waals surface area contributed by atoms with Gasteiger partial charge in [-0.2, -0.15) is 10.2 Å². The Balaban J connectivity index is 1.64. The summed E-state index contributed by atoms with van der Waals surface area (Å²) in [6, 6.07) is 4.19. The number of rotatable bonds is 3. The smallest absolute Gasteiger partial charge is 0.260 e. The normalized spacial score (nSPS) is 22.6. The zero-order valence-corrected chi connectivity index (χ0v) is 13.6. The first-order chi connectivity index (χ1) is 11.6. The lowest BCUT2D eigenvalue weighted by atomic mass is 10.0. The Morgan fingerprint density at radius 3 is 3.04 bits per heavy atom. The van der Waals surface area contributed by atoms with Gasteiger partial charge in [-0.15, -0.1) is 0 Å². The van der Waals surface area contributed by atoms with E-state index in [1.54, 1.807) is 0 Å². The highest BCUT2D eigenvalue weighted by atomic mass is 16.5. The minimum absolute atomic E-state index is 0.251. The second-order valence-electron chi connectivity index (χ2n) is 6.50. The SMILES string of the molecule is CCc1noc(C2(O)CCN(c3nc4c(cc3C#N)CCC4)C2)n1. The van der Waals surface area contributed by atoms with Gasteiger partial charge in [-0.1, -0.05) is 12.1 Å². The number of fused-ring (bicyclic) bond motifs is 1. The zero-order valence-electron chi connectivity index (χ0n) is 13.6. The summed E-state index contributed by atoms with van der Waals surface area (Å²) >= 11 is 0. The lowest BCUT2D eigenvalue weighted by Crippen LogP contribution is -2.32. The minimum atomic E-state index is -1.19. The van der Waals surface area contributed by atoms with Crippen LogP contribution >= 0.6 is 0 Å². The molecule has 4 rings (SSSR count). The average Bonchev–Trinajstić information content (AvgIpc) is 3.32. The van der Waals surface area contributed by atoms with Gasteiger partial charge in [-0.25, -0.2) is 4.98 Å². The van der Waals surface area contributed by atoms with Gasteiger partial charge in [0.25, 0.3) is 5.89 Å². The monoisotopic (exact) mass is 325 g/mol.